The summed E-state index contributed by atoms with van der Waals surface area (Å²) < 4.78 is 16.8. The highest BCUT2D eigenvalue weighted by Gasteiger charge is 2.19. The van der Waals surface area contributed by atoms with Gasteiger partial charge in [-0.3, -0.25) is 14.4 Å². The Labute approximate surface area is 355 Å². The van der Waals surface area contributed by atoms with Gasteiger partial charge >= 0.3 is 17.9 Å². The molecule has 0 aromatic carbocycles. The summed E-state index contributed by atoms with van der Waals surface area (Å²) in [5.74, 6) is -0.0667. The standard InChI is InChI=1S/C51H98O6/c1-5-7-9-11-13-15-17-19-21-23-24-26-30-34-38-42-49(52)55-45-48(46-56-50(53)43-39-35-32-28-29-33-37-41-47(3)4)57-51(54)44-40-36-31-27-25-22-20-18-16-14-12-10-8-6-2/h47-48H,5-46H2,1-4H3/t48-/m1/s1. The summed E-state index contributed by atoms with van der Waals surface area (Å²) in [5, 5.41) is 0. The molecule has 0 spiro atoms. The molecule has 6 nitrogen and oxygen atoms in total. The van der Waals surface area contributed by atoms with Crippen molar-refractivity contribution in [1.29, 1.82) is 0 Å². The molecule has 0 aliphatic heterocycles. The van der Waals surface area contributed by atoms with Gasteiger partial charge < -0.3 is 14.2 Å². The van der Waals surface area contributed by atoms with Crippen molar-refractivity contribution in [3.05, 3.63) is 0 Å². The minimum absolute atomic E-state index is 0.0634. The van der Waals surface area contributed by atoms with Crippen LogP contribution in [0.1, 0.15) is 285 Å². The number of unbranched alkanes of at least 4 members (excludes halogenated alkanes) is 33. The number of carbonyl (C=O) groups is 3. The lowest BCUT2D eigenvalue weighted by Gasteiger charge is -2.18. The Morgan fingerprint density at radius 2 is 0.579 bits per heavy atom. The summed E-state index contributed by atoms with van der Waals surface area (Å²) in [7, 11) is 0. The number of hydrogen-bond acceptors (Lipinski definition) is 6. The molecule has 0 amide bonds. The van der Waals surface area contributed by atoms with Gasteiger partial charge in [-0.25, -0.2) is 0 Å². The first kappa shape index (κ1) is 55.4. The van der Waals surface area contributed by atoms with Crippen molar-refractivity contribution in [3.8, 4) is 0 Å². The minimum Gasteiger partial charge on any atom is -0.462 e. The SMILES string of the molecule is CCCCCCCCCCCCCCCCCC(=O)OC[C@H](COC(=O)CCCCCCCCCC(C)C)OC(=O)CCCCCCCCCCCCCCCC. The predicted molar refractivity (Wildman–Crippen MR) is 243 cm³/mol. The fourth-order valence-corrected chi connectivity index (χ4v) is 7.69. The second-order valence-corrected chi connectivity index (χ2v) is 17.9. The van der Waals surface area contributed by atoms with Gasteiger partial charge in [-0.15, -0.1) is 0 Å². The van der Waals surface area contributed by atoms with E-state index >= 15 is 0 Å². The molecule has 6 heteroatoms. The number of hydrogen-bond donors (Lipinski definition) is 0. The highest BCUT2D eigenvalue weighted by atomic mass is 16.6. The van der Waals surface area contributed by atoms with Gasteiger partial charge in [0, 0.05) is 19.3 Å². The monoisotopic (exact) mass is 807 g/mol. The zero-order valence-electron chi connectivity index (χ0n) is 38.8. The van der Waals surface area contributed by atoms with Crippen LogP contribution in [0.3, 0.4) is 0 Å². The molecular weight excluding hydrogens is 709 g/mol. The summed E-state index contributed by atoms with van der Waals surface area (Å²) in [4.78, 5) is 37.9. The van der Waals surface area contributed by atoms with Crippen LogP contribution in [0.25, 0.3) is 0 Å². The minimum atomic E-state index is -0.760. The van der Waals surface area contributed by atoms with Crippen molar-refractivity contribution >= 4 is 17.9 Å². The molecular formula is C51H98O6. The molecule has 0 aliphatic rings. The van der Waals surface area contributed by atoms with Gasteiger partial charge in [0.25, 0.3) is 0 Å². The van der Waals surface area contributed by atoms with E-state index in [9.17, 15) is 14.4 Å². The molecule has 0 saturated carbocycles. The number of esters is 3. The second kappa shape index (κ2) is 45.5. The quantitative estimate of drug-likeness (QED) is 0.0346. The molecule has 0 aromatic rings. The third-order valence-electron chi connectivity index (χ3n) is 11.5. The highest BCUT2D eigenvalue weighted by Crippen LogP contribution is 2.17. The first-order valence-corrected chi connectivity index (χ1v) is 25.4. The molecule has 0 N–H and O–H groups in total. The topological polar surface area (TPSA) is 78.9 Å². The molecule has 0 aromatic heterocycles. The first-order valence-electron chi connectivity index (χ1n) is 25.4. The van der Waals surface area contributed by atoms with Gasteiger partial charge in [-0.2, -0.15) is 0 Å². The summed E-state index contributed by atoms with van der Waals surface area (Å²) >= 11 is 0. The fourth-order valence-electron chi connectivity index (χ4n) is 7.69. The van der Waals surface area contributed by atoms with E-state index in [-0.39, 0.29) is 31.1 Å². The number of ether oxygens (including phenoxy) is 3. The second-order valence-electron chi connectivity index (χ2n) is 17.9. The third-order valence-corrected chi connectivity index (χ3v) is 11.5. The van der Waals surface area contributed by atoms with E-state index in [1.165, 1.54) is 180 Å². The third kappa shape index (κ3) is 45.3. The molecule has 1 atom stereocenters. The maximum atomic E-state index is 12.8. The Morgan fingerprint density at radius 1 is 0.333 bits per heavy atom. The average Bonchev–Trinajstić information content (AvgIpc) is 3.19. The largest absolute Gasteiger partial charge is 0.462 e. The van der Waals surface area contributed by atoms with Crippen molar-refractivity contribution in [2.75, 3.05) is 13.2 Å². The van der Waals surface area contributed by atoms with E-state index in [0.717, 1.165) is 63.7 Å². The van der Waals surface area contributed by atoms with E-state index in [2.05, 4.69) is 27.7 Å². The van der Waals surface area contributed by atoms with E-state index in [1.807, 2.05) is 0 Å². The van der Waals surface area contributed by atoms with Crippen molar-refractivity contribution in [1.82, 2.24) is 0 Å². The van der Waals surface area contributed by atoms with E-state index < -0.39 is 6.10 Å². The van der Waals surface area contributed by atoms with Crippen molar-refractivity contribution in [3.63, 3.8) is 0 Å². The fraction of sp³-hybridized carbons (Fsp3) is 0.941. The number of carbonyl (C=O) groups excluding carboxylic acids is 3. The zero-order valence-corrected chi connectivity index (χ0v) is 38.8. The van der Waals surface area contributed by atoms with Crippen molar-refractivity contribution in [2.45, 2.75) is 291 Å². The van der Waals surface area contributed by atoms with Gasteiger partial charge in [-0.05, 0) is 25.2 Å². The van der Waals surface area contributed by atoms with E-state index in [1.54, 1.807) is 0 Å². The smallest absolute Gasteiger partial charge is 0.306 e. The van der Waals surface area contributed by atoms with Crippen LogP contribution >= 0.6 is 0 Å². The molecule has 0 fully saturated rings. The summed E-state index contributed by atoms with van der Waals surface area (Å²) in [5.41, 5.74) is 0. The van der Waals surface area contributed by atoms with Crippen LogP contribution in [-0.2, 0) is 28.6 Å². The van der Waals surface area contributed by atoms with Crippen molar-refractivity contribution in [2.24, 2.45) is 5.92 Å². The molecule has 0 rings (SSSR count). The van der Waals surface area contributed by atoms with Crippen LogP contribution < -0.4 is 0 Å². The lowest BCUT2D eigenvalue weighted by Crippen LogP contribution is -2.30. The van der Waals surface area contributed by atoms with Crippen LogP contribution in [0.4, 0.5) is 0 Å². The average molecular weight is 807 g/mol. The number of rotatable bonds is 46. The lowest BCUT2D eigenvalue weighted by molar-refractivity contribution is -0.167. The molecule has 338 valence electrons. The lowest BCUT2D eigenvalue weighted by atomic mass is 10.0. The highest BCUT2D eigenvalue weighted by molar-refractivity contribution is 5.71. The van der Waals surface area contributed by atoms with Crippen molar-refractivity contribution < 1.29 is 28.6 Å². The summed E-state index contributed by atoms with van der Waals surface area (Å²) in [6, 6.07) is 0. The molecule has 0 radical (unpaired) electrons. The van der Waals surface area contributed by atoms with Crippen LogP contribution in [-0.4, -0.2) is 37.2 Å². The Kier molecular flexibility index (Phi) is 44.2. The molecule has 0 aliphatic carbocycles. The molecule has 0 unspecified atom stereocenters. The maximum absolute atomic E-state index is 12.8. The molecule has 57 heavy (non-hydrogen) atoms. The maximum Gasteiger partial charge on any atom is 0.306 e. The Bertz CT molecular complexity index is 857. The summed E-state index contributed by atoms with van der Waals surface area (Å²) in [6.45, 7) is 8.97. The Balaban J connectivity index is 4.29. The van der Waals surface area contributed by atoms with Crippen LogP contribution in [0.2, 0.25) is 0 Å². The van der Waals surface area contributed by atoms with E-state index in [4.69, 9.17) is 14.2 Å². The predicted octanol–water partition coefficient (Wildman–Crippen LogP) is 16.3. The van der Waals surface area contributed by atoms with Crippen LogP contribution in [0, 0.1) is 5.92 Å². The Hall–Kier alpha value is -1.59. The molecule has 0 heterocycles. The summed E-state index contributed by atoms with van der Waals surface area (Å²) in [6.07, 6.45) is 46.6. The van der Waals surface area contributed by atoms with Gasteiger partial charge in [-0.1, -0.05) is 246 Å². The van der Waals surface area contributed by atoms with Gasteiger partial charge in [0.15, 0.2) is 6.10 Å². The van der Waals surface area contributed by atoms with Gasteiger partial charge in [0.1, 0.15) is 13.2 Å². The Morgan fingerprint density at radius 3 is 0.860 bits per heavy atom. The van der Waals surface area contributed by atoms with Gasteiger partial charge in [0.2, 0.25) is 0 Å². The first-order chi connectivity index (χ1) is 27.9. The molecule has 0 bridgehead atoms. The van der Waals surface area contributed by atoms with Crippen LogP contribution in [0.5, 0.6) is 0 Å². The normalized spacial score (nSPS) is 11.9. The van der Waals surface area contributed by atoms with Gasteiger partial charge in [0.05, 0.1) is 0 Å². The van der Waals surface area contributed by atoms with Crippen LogP contribution in [0.15, 0.2) is 0 Å². The zero-order chi connectivity index (χ0) is 41.7. The van der Waals surface area contributed by atoms with E-state index in [0.29, 0.717) is 19.3 Å². The molecule has 0 saturated heterocycles.